The summed E-state index contributed by atoms with van der Waals surface area (Å²) >= 11 is 1.25. The van der Waals surface area contributed by atoms with Gasteiger partial charge in [-0.05, 0) is 43.7 Å². The van der Waals surface area contributed by atoms with Gasteiger partial charge >= 0.3 is 11.9 Å². The molecule has 0 fully saturated rings. The predicted molar refractivity (Wildman–Crippen MR) is 103 cm³/mol. The number of hydrogen-bond donors (Lipinski definition) is 1. The molecule has 0 spiro atoms. The Hall–Kier alpha value is -3.07. The molecule has 0 saturated carbocycles. The number of anilines is 1. The van der Waals surface area contributed by atoms with Crippen LogP contribution >= 0.6 is 11.3 Å². The number of amides is 1. The van der Waals surface area contributed by atoms with E-state index < -0.39 is 24.5 Å². The molecule has 0 aliphatic heterocycles. The summed E-state index contributed by atoms with van der Waals surface area (Å²) in [4.78, 5) is 36.6. The molecule has 8 nitrogen and oxygen atoms in total. The summed E-state index contributed by atoms with van der Waals surface area (Å²) in [6.07, 6.45) is 0. The van der Waals surface area contributed by atoms with Crippen LogP contribution in [0, 0.1) is 13.8 Å². The Kier molecular flexibility index (Phi) is 7.39. The number of carbonyl (C=O) groups is 3. The second-order valence-corrected chi connectivity index (χ2v) is 6.88. The molecule has 0 saturated heterocycles. The third-order valence-electron chi connectivity index (χ3n) is 3.81. The van der Waals surface area contributed by atoms with E-state index in [0.717, 1.165) is 10.4 Å². The van der Waals surface area contributed by atoms with Gasteiger partial charge in [0.05, 0.1) is 19.8 Å². The molecule has 1 N–H and O–H groups in total. The highest BCUT2D eigenvalue weighted by molar-refractivity contribution is 7.16. The first kappa shape index (κ1) is 21.2. The van der Waals surface area contributed by atoms with E-state index in [4.69, 9.17) is 18.9 Å². The molecule has 0 atom stereocenters. The smallest absolute Gasteiger partial charge is 0.344 e. The molecule has 1 heterocycles. The minimum Gasteiger partial charge on any atom is -0.497 e. The zero-order valence-corrected chi connectivity index (χ0v) is 16.8. The van der Waals surface area contributed by atoms with Crippen LogP contribution in [-0.2, 0) is 19.1 Å². The fraction of sp³-hybridized carbons (Fsp3) is 0.316. The van der Waals surface area contributed by atoms with E-state index in [-0.39, 0.29) is 6.61 Å². The van der Waals surface area contributed by atoms with Crippen LogP contribution in [0.25, 0.3) is 0 Å². The summed E-state index contributed by atoms with van der Waals surface area (Å²) in [5.74, 6) is -0.671. The lowest BCUT2D eigenvalue weighted by molar-refractivity contribution is -0.149. The molecule has 1 amide bonds. The van der Waals surface area contributed by atoms with Crippen molar-refractivity contribution in [1.82, 2.24) is 0 Å². The largest absolute Gasteiger partial charge is 0.497 e. The summed E-state index contributed by atoms with van der Waals surface area (Å²) in [6, 6.07) is 6.68. The van der Waals surface area contributed by atoms with Crippen molar-refractivity contribution < 1.29 is 33.3 Å². The zero-order valence-electron chi connectivity index (χ0n) is 16.0. The lowest BCUT2D eigenvalue weighted by Gasteiger charge is -2.08. The Bertz CT molecular complexity index is 858. The van der Waals surface area contributed by atoms with Gasteiger partial charge < -0.3 is 24.3 Å². The molecule has 0 aliphatic rings. The Morgan fingerprint density at radius 2 is 1.64 bits per heavy atom. The van der Waals surface area contributed by atoms with Gasteiger partial charge in [0.2, 0.25) is 0 Å². The van der Waals surface area contributed by atoms with E-state index in [2.05, 4.69) is 5.32 Å². The van der Waals surface area contributed by atoms with Crippen LogP contribution in [0.4, 0.5) is 5.00 Å². The fourth-order valence-electron chi connectivity index (χ4n) is 2.23. The topological polar surface area (TPSA) is 100 Å². The number of benzene rings is 1. The summed E-state index contributed by atoms with van der Waals surface area (Å²) < 4.78 is 19.9. The molecule has 150 valence electrons. The molecule has 28 heavy (non-hydrogen) atoms. The summed E-state index contributed by atoms with van der Waals surface area (Å²) in [5, 5.41) is 2.93. The second kappa shape index (κ2) is 9.75. The van der Waals surface area contributed by atoms with Crippen molar-refractivity contribution in [1.29, 1.82) is 0 Å². The average molecular weight is 407 g/mol. The second-order valence-electron chi connectivity index (χ2n) is 5.65. The summed E-state index contributed by atoms with van der Waals surface area (Å²) in [5.41, 5.74) is 1.03. The Balaban J connectivity index is 1.84. The third-order valence-corrected chi connectivity index (χ3v) is 4.93. The summed E-state index contributed by atoms with van der Waals surface area (Å²) in [7, 11) is 2.82. The van der Waals surface area contributed by atoms with E-state index in [1.165, 1.54) is 18.4 Å². The van der Waals surface area contributed by atoms with E-state index in [0.29, 0.717) is 22.1 Å². The Labute approximate surface area is 166 Å². The van der Waals surface area contributed by atoms with E-state index in [1.54, 1.807) is 38.3 Å². The number of esters is 2. The molecule has 1 aromatic heterocycles. The van der Waals surface area contributed by atoms with Crippen LogP contribution < -0.4 is 14.8 Å². The molecular weight excluding hydrogens is 386 g/mol. The molecule has 1 aromatic carbocycles. The number of thiophene rings is 1. The number of nitrogens with one attached hydrogen (secondary N) is 1. The fourth-order valence-corrected chi connectivity index (χ4v) is 3.29. The zero-order chi connectivity index (χ0) is 20.7. The van der Waals surface area contributed by atoms with Gasteiger partial charge in [0.25, 0.3) is 5.91 Å². The van der Waals surface area contributed by atoms with Crippen molar-refractivity contribution in [3.8, 4) is 11.5 Å². The maximum atomic E-state index is 12.1. The number of rotatable bonds is 8. The lowest BCUT2D eigenvalue weighted by Crippen LogP contribution is -2.24. The predicted octanol–water partition coefficient (Wildman–Crippen LogP) is 2.72. The molecular formula is C19H21NO7S. The standard InChI is InChI=1S/C19H21NO7S/c1-11-12(2)28-18(17(11)19(23)25-4)20-15(21)9-27-16(22)10-26-14-7-5-13(24-3)6-8-14/h5-8H,9-10H2,1-4H3,(H,20,21). The Morgan fingerprint density at radius 3 is 2.25 bits per heavy atom. The minimum atomic E-state index is -0.697. The number of hydrogen-bond acceptors (Lipinski definition) is 8. The maximum Gasteiger partial charge on any atom is 0.344 e. The Morgan fingerprint density at radius 1 is 1.00 bits per heavy atom. The van der Waals surface area contributed by atoms with Crippen LogP contribution in [0.1, 0.15) is 20.8 Å². The normalized spacial score (nSPS) is 10.1. The molecule has 0 aliphatic carbocycles. The van der Waals surface area contributed by atoms with Gasteiger partial charge in [0.1, 0.15) is 16.5 Å². The van der Waals surface area contributed by atoms with Crippen LogP contribution in [0.15, 0.2) is 24.3 Å². The van der Waals surface area contributed by atoms with Crippen LogP contribution in [0.2, 0.25) is 0 Å². The van der Waals surface area contributed by atoms with Crippen LogP contribution in [-0.4, -0.2) is 45.3 Å². The highest BCUT2D eigenvalue weighted by Gasteiger charge is 2.22. The van der Waals surface area contributed by atoms with Crippen molar-refractivity contribution in [2.45, 2.75) is 13.8 Å². The van der Waals surface area contributed by atoms with Gasteiger partial charge in [-0.25, -0.2) is 9.59 Å². The van der Waals surface area contributed by atoms with Crippen molar-refractivity contribution in [3.63, 3.8) is 0 Å². The molecule has 2 aromatic rings. The van der Waals surface area contributed by atoms with Gasteiger partial charge in [-0.2, -0.15) is 0 Å². The first-order chi connectivity index (χ1) is 13.3. The number of methoxy groups -OCH3 is 2. The van der Waals surface area contributed by atoms with Crippen molar-refractivity contribution in [3.05, 3.63) is 40.3 Å². The molecule has 0 unspecified atom stereocenters. The highest BCUT2D eigenvalue weighted by Crippen LogP contribution is 2.32. The monoisotopic (exact) mass is 407 g/mol. The van der Waals surface area contributed by atoms with Gasteiger partial charge in [0, 0.05) is 4.88 Å². The number of ether oxygens (including phenoxy) is 4. The van der Waals surface area contributed by atoms with Crippen molar-refractivity contribution >= 4 is 34.2 Å². The number of aryl methyl sites for hydroxylation is 1. The first-order valence-corrected chi connectivity index (χ1v) is 9.08. The summed E-state index contributed by atoms with van der Waals surface area (Å²) in [6.45, 7) is 2.76. The van der Waals surface area contributed by atoms with E-state index in [9.17, 15) is 14.4 Å². The number of carbonyl (C=O) groups excluding carboxylic acids is 3. The average Bonchev–Trinajstić information content (AvgIpc) is 2.97. The highest BCUT2D eigenvalue weighted by atomic mass is 32.1. The van der Waals surface area contributed by atoms with Gasteiger partial charge in [-0.15, -0.1) is 11.3 Å². The molecule has 0 radical (unpaired) electrons. The van der Waals surface area contributed by atoms with Gasteiger partial charge in [0.15, 0.2) is 13.2 Å². The maximum absolute atomic E-state index is 12.1. The van der Waals surface area contributed by atoms with Crippen molar-refractivity contribution in [2.75, 3.05) is 32.8 Å². The van der Waals surface area contributed by atoms with Gasteiger partial charge in [-0.3, -0.25) is 4.79 Å². The lowest BCUT2D eigenvalue weighted by atomic mass is 10.1. The van der Waals surface area contributed by atoms with E-state index >= 15 is 0 Å². The first-order valence-electron chi connectivity index (χ1n) is 8.26. The van der Waals surface area contributed by atoms with Gasteiger partial charge in [-0.1, -0.05) is 0 Å². The SMILES string of the molecule is COC(=O)c1c(NC(=O)COC(=O)COc2ccc(OC)cc2)sc(C)c1C. The van der Waals surface area contributed by atoms with E-state index in [1.807, 2.05) is 6.92 Å². The van der Waals surface area contributed by atoms with Crippen LogP contribution in [0.5, 0.6) is 11.5 Å². The van der Waals surface area contributed by atoms with Crippen molar-refractivity contribution in [2.24, 2.45) is 0 Å². The minimum absolute atomic E-state index is 0.299. The quantitative estimate of drug-likeness (QED) is 0.672. The molecule has 0 bridgehead atoms. The van der Waals surface area contributed by atoms with Crippen LogP contribution in [0.3, 0.4) is 0 Å². The third kappa shape index (κ3) is 5.46. The molecule has 9 heteroatoms. The molecule has 2 rings (SSSR count).